The van der Waals surface area contributed by atoms with Gasteiger partial charge < -0.3 is 15.4 Å². The zero-order valence-electron chi connectivity index (χ0n) is 15.7. The van der Waals surface area contributed by atoms with Crippen LogP contribution >= 0.6 is 22.9 Å². The molecule has 0 aliphatic carbocycles. The van der Waals surface area contributed by atoms with Crippen LogP contribution in [-0.4, -0.2) is 24.9 Å². The van der Waals surface area contributed by atoms with E-state index in [0.717, 1.165) is 5.56 Å². The average Bonchev–Trinajstić information content (AvgIpc) is 3.27. The number of thiophene rings is 1. The molecule has 2 N–H and O–H groups in total. The van der Waals surface area contributed by atoms with Crippen LogP contribution in [-0.2, 0) is 6.61 Å². The third-order valence-corrected chi connectivity index (χ3v) is 5.16. The third-order valence-electron chi connectivity index (χ3n) is 4.06. The molecule has 0 saturated carbocycles. The number of rotatable bonds is 9. The molecule has 0 saturated heterocycles. The van der Waals surface area contributed by atoms with Gasteiger partial charge in [-0.25, -0.2) is 0 Å². The van der Waals surface area contributed by atoms with E-state index in [1.807, 2.05) is 35.7 Å². The Bertz CT molecular complexity index is 960. The molecule has 7 heteroatoms. The smallest absolute Gasteiger partial charge is 0.261 e. The van der Waals surface area contributed by atoms with E-state index >= 15 is 0 Å². The first kappa shape index (κ1) is 20.9. The molecule has 0 fully saturated rings. The number of hydrogen-bond acceptors (Lipinski definition) is 4. The lowest BCUT2D eigenvalue weighted by molar-refractivity contribution is 0.0952. The molecule has 5 nitrogen and oxygen atoms in total. The molecule has 0 aliphatic rings. The summed E-state index contributed by atoms with van der Waals surface area (Å²) in [5.41, 5.74) is 1.48. The van der Waals surface area contributed by atoms with Gasteiger partial charge >= 0.3 is 0 Å². The predicted molar refractivity (Wildman–Crippen MR) is 116 cm³/mol. The van der Waals surface area contributed by atoms with Crippen molar-refractivity contribution in [1.29, 1.82) is 0 Å². The van der Waals surface area contributed by atoms with Gasteiger partial charge in [-0.15, -0.1) is 11.3 Å². The number of hydrogen-bond donors (Lipinski definition) is 2. The van der Waals surface area contributed by atoms with Gasteiger partial charge in [0.2, 0.25) is 0 Å². The van der Waals surface area contributed by atoms with Crippen LogP contribution in [0.2, 0.25) is 5.02 Å². The molecule has 0 spiro atoms. The second-order valence-corrected chi connectivity index (χ2v) is 7.67. The SMILES string of the molecule is O=C(NCCCNC(=O)c1cccs1)c1cccc(OCc2cccc(Cl)c2)c1. The Morgan fingerprint density at radius 3 is 2.48 bits per heavy atom. The number of nitrogens with one attached hydrogen (secondary N) is 2. The summed E-state index contributed by atoms with van der Waals surface area (Å²) in [6, 6.07) is 18.1. The summed E-state index contributed by atoms with van der Waals surface area (Å²) in [6.45, 7) is 1.34. The van der Waals surface area contributed by atoms with Gasteiger partial charge in [-0.1, -0.05) is 35.9 Å². The zero-order chi connectivity index (χ0) is 20.5. The molecule has 0 bridgehead atoms. The van der Waals surface area contributed by atoms with Gasteiger partial charge in [0.1, 0.15) is 12.4 Å². The first-order valence-corrected chi connectivity index (χ1v) is 10.4. The quantitative estimate of drug-likeness (QED) is 0.492. The van der Waals surface area contributed by atoms with Gasteiger partial charge in [0.15, 0.2) is 0 Å². The summed E-state index contributed by atoms with van der Waals surface area (Å²) >= 11 is 7.38. The molecular formula is C22H21ClN2O3S. The largest absolute Gasteiger partial charge is 0.489 e. The van der Waals surface area contributed by atoms with E-state index < -0.39 is 0 Å². The lowest BCUT2D eigenvalue weighted by Gasteiger charge is -2.09. The van der Waals surface area contributed by atoms with E-state index in [2.05, 4.69) is 10.6 Å². The van der Waals surface area contributed by atoms with Crippen molar-refractivity contribution in [3.63, 3.8) is 0 Å². The van der Waals surface area contributed by atoms with Crippen LogP contribution in [0.1, 0.15) is 32.0 Å². The number of carbonyl (C=O) groups excluding carboxylic acids is 2. The van der Waals surface area contributed by atoms with E-state index in [1.165, 1.54) is 11.3 Å². The molecule has 1 heterocycles. The minimum Gasteiger partial charge on any atom is -0.489 e. The Morgan fingerprint density at radius 2 is 1.72 bits per heavy atom. The maximum atomic E-state index is 12.3. The number of halogens is 1. The monoisotopic (exact) mass is 428 g/mol. The second-order valence-electron chi connectivity index (χ2n) is 6.29. The molecule has 0 aliphatic heterocycles. The van der Waals surface area contributed by atoms with E-state index in [1.54, 1.807) is 30.3 Å². The van der Waals surface area contributed by atoms with Crippen LogP contribution < -0.4 is 15.4 Å². The van der Waals surface area contributed by atoms with Gasteiger partial charge in [0.25, 0.3) is 11.8 Å². The Balaban J connectivity index is 1.41. The number of amides is 2. The second kappa shape index (κ2) is 10.6. The fraction of sp³-hybridized carbons (Fsp3) is 0.182. The normalized spacial score (nSPS) is 10.4. The molecule has 1 aromatic heterocycles. The van der Waals surface area contributed by atoms with Crippen LogP contribution in [0.3, 0.4) is 0 Å². The summed E-state index contributed by atoms with van der Waals surface area (Å²) in [5.74, 6) is 0.347. The number of ether oxygens (including phenoxy) is 1. The first-order chi connectivity index (χ1) is 14.1. The fourth-order valence-electron chi connectivity index (χ4n) is 2.61. The van der Waals surface area contributed by atoms with Crippen molar-refractivity contribution in [2.24, 2.45) is 0 Å². The van der Waals surface area contributed by atoms with Crippen molar-refractivity contribution in [2.75, 3.05) is 13.1 Å². The van der Waals surface area contributed by atoms with Crippen molar-refractivity contribution in [1.82, 2.24) is 10.6 Å². The molecule has 3 aromatic rings. The highest BCUT2D eigenvalue weighted by atomic mass is 35.5. The Kier molecular flexibility index (Phi) is 7.67. The summed E-state index contributed by atoms with van der Waals surface area (Å²) in [7, 11) is 0. The highest BCUT2D eigenvalue weighted by Gasteiger charge is 2.08. The van der Waals surface area contributed by atoms with Gasteiger partial charge in [-0.05, 0) is 53.8 Å². The van der Waals surface area contributed by atoms with E-state index in [0.29, 0.717) is 47.3 Å². The first-order valence-electron chi connectivity index (χ1n) is 9.19. The zero-order valence-corrected chi connectivity index (χ0v) is 17.3. The summed E-state index contributed by atoms with van der Waals surface area (Å²) in [5, 5.41) is 8.21. The summed E-state index contributed by atoms with van der Waals surface area (Å²) in [4.78, 5) is 24.8. The standard InChI is InChI=1S/C22H21ClN2O3S/c23-18-7-1-5-16(13-18)15-28-19-8-2-6-17(14-19)21(26)24-10-4-11-25-22(27)20-9-3-12-29-20/h1-3,5-9,12-14H,4,10-11,15H2,(H,24,26)(H,25,27). The molecule has 3 rings (SSSR count). The molecule has 2 aromatic carbocycles. The van der Waals surface area contributed by atoms with Crippen LogP contribution in [0.15, 0.2) is 66.0 Å². The van der Waals surface area contributed by atoms with Gasteiger partial charge in [0.05, 0.1) is 4.88 Å². The van der Waals surface area contributed by atoms with Gasteiger partial charge in [0, 0.05) is 23.7 Å². The summed E-state index contributed by atoms with van der Waals surface area (Å²) < 4.78 is 5.76. The lowest BCUT2D eigenvalue weighted by atomic mass is 10.2. The average molecular weight is 429 g/mol. The Hall–Kier alpha value is -2.83. The maximum Gasteiger partial charge on any atom is 0.261 e. The maximum absolute atomic E-state index is 12.3. The van der Waals surface area contributed by atoms with Gasteiger partial charge in [-0.2, -0.15) is 0 Å². The lowest BCUT2D eigenvalue weighted by Crippen LogP contribution is -2.29. The highest BCUT2D eigenvalue weighted by Crippen LogP contribution is 2.17. The topological polar surface area (TPSA) is 67.4 Å². The molecule has 0 atom stereocenters. The third kappa shape index (κ3) is 6.62. The van der Waals surface area contributed by atoms with Gasteiger partial charge in [-0.3, -0.25) is 9.59 Å². The Morgan fingerprint density at radius 1 is 0.931 bits per heavy atom. The molecule has 150 valence electrons. The van der Waals surface area contributed by atoms with Crippen LogP contribution in [0, 0.1) is 0 Å². The number of carbonyl (C=O) groups is 2. The predicted octanol–water partition coefficient (Wildman–Crippen LogP) is 4.53. The van der Waals surface area contributed by atoms with E-state index in [9.17, 15) is 9.59 Å². The fourth-order valence-corrected chi connectivity index (χ4v) is 3.46. The van der Waals surface area contributed by atoms with Crippen molar-refractivity contribution in [3.8, 4) is 5.75 Å². The van der Waals surface area contributed by atoms with Crippen molar-refractivity contribution >= 4 is 34.8 Å². The van der Waals surface area contributed by atoms with E-state index in [4.69, 9.17) is 16.3 Å². The van der Waals surface area contributed by atoms with Crippen LogP contribution in [0.5, 0.6) is 5.75 Å². The number of benzene rings is 2. The molecular weight excluding hydrogens is 408 g/mol. The van der Waals surface area contributed by atoms with Crippen LogP contribution in [0.4, 0.5) is 0 Å². The Labute approximate surface area is 178 Å². The van der Waals surface area contributed by atoms with E-state index in [-0.39, 0.29) is 11.8 Å². The van der Waals surface area contributed by atoms with Crippen molar-refractivity contribution in [2.45, 2.75) is 13.0 Å². The molecule has 29 heavy (non-hydrogen) atoms. The minimum absolute atomic E-state index is 0.0871. The minimum atomic E-state index is -0.178. The molecule has 2 amide bonds. The highest BCUT2D eigenvalue weighted by molar-refractivity contribution is 7.12. The van der Waals surface area contributed by atoms with Crippen molar-refractivity contribution < 1.29 is 14.3 Å². The van der Waals surface area contributed by atoms with Crippen molar-refractivity contribution in [3.05, 3.63) is 87.1 Å². The summed E-state index contributed by atoms with van der Waals surface area (Å²) in [6.07, 6.45) is 0.647. The molecule has 0 radical (unpaired) electrons. The van der Waals surface area contributed by atoms with Crippen LogP contribution in [0.25, 0.3) is 0 Å². The molecule has 0 unspecified atom stereocenters.